The Hall–Kier alpha value is -7.50. The fourth-order valence-corrected chi connectivity index (χ4v) is 15.8. The van der Waals surface area contributed by atoms with Gasteiger partial charge in [-0.3, -0.25) is 13.7 Å². The number of ether oxygens (including phenoxy) is 7. The molecular formula is C66H73N5O22S3. The molecule has 27 nitrogen and oxygen atoms in total. The van der Waals surface area contributed by atoms with Crippen molar-refractivity contribution in [1.82, 2.24) is 26.6 Å². The number of carbonyl (C=O) groups excluding carboxylic acids is 3. The molecule has 12 rings (SSSR count). The third-order valence-corrected chi connectivity index (χ3v) is 21.7. The van der Waals surface area contributed by atoms with Crippen LogP contribution in [-0.2, 0) is 63.5 Å². The minimum absolute atomic E-state index is 0.173. The molecule has 0 bridgehead atoms. The molecule has 4 aliphatic carbocycles. The van der Waals surface area contributed by atoms with Crippen LogP contribution in [-0.4, -0.2) is 192 Å². The number of benzene rings is 6. The maximum atomic E-state index is 14.7. The lowest BCUT2D eigenvalue weighted by atomic mass is 9.83. The summed E-state index contributed by atoms with van der Waals surface area (Å²) in [7, 11) is -10.8. The first kappa shape index (κ1) is 68.4. The first-order valence-corrected chi connectivity index (χ1v) is 35.4. The lowest BCUT2D eigenvalue weighted by Crippen LogP contribution is -2.70. The number of rotatable bonds is 19. The second-order valence-electron chi connectivity index (χ2n) is 25.1. The van der Waals surface area contributed by atoms with E-state index in [0.717, 1.165) is 16.7 Å². The third-order valence-electron chi connectivity index (χ3n) is 19.1. The highest BCUT2D eigenvalue weighted by Crippen LogP contribution is 2.49. The van der Waals surface area contributed by atoms with Crippen molar-refractivity contribution in [2.75, 3.05) is 40.5 Å². The minimum Gasteiger partial charge on any atom is -0.449 e. The van der Waals surface area contributed by atoms with Crippen molar-refractivity contribution in [2.24, 2.45) is 0 Å². The van der Waals surface area contributed by atoms with Gasteiger partial charge in [0, 0.05) is 23.8 Å². The van der Waals surface area contributed by atoms with E-state index in [9.17, 15) is 68.6 Å². The number of nitrogens with one attached hydrogen (secondary N) is 5. The largest absolute Gasteiger partial charge is 0.449 e. The van der Waals surface area contributed by atoms with E-state index in [1.165, 1.54) is 56.4 Å². The molecule has 3 amide bonds. The molecule has 96 heavy (non-hydrogen) atoms. The molecule has 0 aromatic heterocycles. The first-order chi connectivity index (χ1) is 45.6. The Kier molecular flexibility index (Phi) is 19.3. The predicted molar refractivity (Wildman–Crippen MR) is 341 cm³/mol. The normalized spacial score (nSPS) is 28.3. The van der Waals surface area contributed by atoms with Gasteiger partial charge in [0.25, 0.3) is 30.4 Å². The van der Waals surface area contributed by atoms with Crippen molar-refractivity contribution < 1.29 is 102 Å². The molecule has 0 radical (unpaired) electrons. The number of hydrogen-bond donors (Lipinski definition) is 11. The molecule has 16 atom stereocenters. The summed E-state index contributed by atoms with van der Waals surface area (Å²) in [5.41, 5.74) is 5.87. The average molecular weight is 1380 g/mol. The lowest BCUT2D eigenvalue weighted by Gasteiger charge is -2.49. The molecule has 2 aliphatic heterocycles. The van der Waals surface area contributed by atoms with E-state index in [2.05, 4.69) is 26.6 Å². The van der Waals surface area contributed by atoms with Crippen molar-refractivity contribution in [3.8, 4) is 33.4 Å². The third kappa shape index (κ3) is 13.7. The summed E-state index contributed by atoms with van der Waals surface area (Å²) in [6, 6.07) is 28.5. The van der Waals surface area contributed by atoms with Gasteiger partial charge in [-0.05, 0) is 150 Å². The smallest absolute Gasteiger partial charge is 0.407 e. The van der Waals surface area contributed by atoms with Crippen LogP contribution in [0, 0.1) is 0 Å². The van der Waals surface area contributed by atoms with Crippen LogP contribution in [0.4, 0.5) is 14.4 Å². The Morgan fingerprint density at radius 1 is 0.531 bits per heavy atom. The highest BCUT2D eigenvalue weighted by molar-refractivity contribution is 7.86. The molecular weight excluding hydrogens is 1310 g/mol. The van der Waals surface area contributed by atoms with Crippen LogP contribution in [0.25, 0.3) is 33.4 Å². The predicted octanol–water partition coefficient (Wildman–Crippen LogP) is 5.15. The quantitative estimate of drug-likeness (QED) is 0.0369. The van der Waals surface area contributed by atoms with Crippen LogP contribution in [0.5, 0.6) is 0 Å². The van der Waals surface area contributed by atoms with Gasteiger partial charge in [-0.15, -0.1) is 0 Å². The average Bonchev–Trinajstić information content (AvgIpc) is 1.74. The highest BCUT2D eigenvalue weighted by atomic mass is 32.2. The van der Waals surface area contributed by atoms with Crippen LogP contribution in [0.2, 0.25) is 0 Å². The van der Waals surface area contributed by atoms with E-state index in [1.807, 2.05) is 31.2 Å². The molecule has 3 fully saturated rings. The minimum atomic E-state index is -4.68. The zero-order chi connectivity index (χ0) is 68.3. The molecule has 0 spiro atoms. The van der Waals surface area contributed by atoms with E-state index < -0.39 is 175 Å². The number of fused-ring (bicyclic) bond motifs is 9. The topological polar surface area (TPSA) is 400 Å². The second kappa shape index (κ2) is 27.1. The fraction of sp³-hybridized carbons (Fsp3) is 0.409. The van der Waals surface area contributed by atoms with E-state index in [4.69, 9.17) is 33.2 Å². The van der Waals surface area contributed by atoms with Crippen LogP contribution in [0.15, 0.2) is 142 Å². The summed E-state index contributed by atoms with van der Waals surface area (Å²) in [6.45, 7) is 1.78. The molecule has 1 saturated carbocycles. The highest BCUT2D eigenvalue weighted by Gasteiger charge is 2.54. The van der Waals surface area contributed by atoms with Gasteiger partial charge in [-0.1, -0.05) is 91.0 Å². The van der Waals surface area contributed by atoms with Crippen LogP contribution < -0.4 is 26.6 Å². The van der Waals surface area contributed by atoms with Crippen LogP contribution >= 0.6 is 0 Å². The Morgan fingerprint density at radius 2 is 0.906 bits per heavy atom. The molecule has 4 unspecified atom stereocenters. The number of alkyl carbamates (subject to hydrolysis) is 3. The van der Waals surface area contributed by atoms with E-state index in [1.54, 1.807) is 67.7 Å². The number of hydrogen-bond acceptors (Lipinski definition) is 21. The summed E-state index contributed by atoms with van der Waals surface area (Å²) < 4.78 is 148. The summed E-state index contributed by atoms with van der Waals surface area (Å²) in [4.78, 5) is 42.3. The zero-order valence-electron chi connectivity index (χ0n) is 52.2. The zero-order valence-corrected chi connectivity index (χ0v) is 54.6. The summed E-state index contributed by atoms with van der Waals surface area (Å²) in [6.07, 6.45) is -13.7. The van der Waals surface area contributed by atoms with Crippen LogP contribution in [0.3, 0.4) is 0 Å². The molecule has 11 N–H and O–H groups in total. The Morgan fingerprint density at radius 3 is 1.29 bits per heavy atom. The maximum Gasteiger partial charge on any atom is 0.407 e. The van der Waals surface area contributed by atoms with Gasteiger partial charge in [0.15, 0.2) is 12.6 Å². The number of likely N-dealkylation sites (N-methyl/N-ethyl adjacent to an activating group) is 2. The van der Waals surface area contributed by atoms with Gasteiger partial charge in [0.1, 0.15) is 49.8 Å². The number of amides is 3. The SMILES string of the molecule is CNC(C)[C@@H]1CC[C@@H](NC(=O)OCC2c3ccccc3-c3ccc(S(=O)(=O)O)cc32)[C@@H](O[C@H]2[C@H](O)[C@@H](O[C@H]3OC[C@](C)(O)[C@H](NC)[C@H]3O)[C@H](NC(=O)OCC3c4ccccc4-c4ccc(S(=O)(=O)O)cc43)C[C@@H]2NC(=O)OCC2c3ccccc3-c3ccc(S(=O)(=O)O)cc32)O1. The molecule has 30 heteroatoms. The van der Waals surface area contributed by atoms with Crippen LogP contribution in [0.1, 0.15) is 84.2 Å². The van der Waals surface area contributed by atoms with Gasteiger partial charge in [0.2, 0.25) is 0 Å². The molecule has 6 aliphatic rings. The number of aliphatic hydroxyl groups is 3. The monoisotopic (exact) mass is 1380 g/mol. The molecule has 512 valence electrons. The Balaban J connectivity index is 0.860. The van der Waals surface area contributed by atoms with Crippen molar-refractivity contribution in [3.05, 3.63) is 161 Å². The number of aliphatic hydroxyl groups excluding tert-OH is 2. The Labute approximate surface area is 553 Å². The molecule has 6 aromatic rings. The standard InChI is InChI=1S/C66H73N5O22S3/c1-33(67-3)55-24-23-52(69-63(74)87-29-49-40-14-8-5-11-37(40)43-20-17-34(25-46(43)49)94(78,79)80)61(91-55)92-58-53(70-64(75)88-30-50-41-15-9-6-12-38(41)44-21-18-35(26-47(44)50)95(81,82)83)28-54(59(56(58)72)93-62-57(73)60(68-4)66(2,77)32-90-62)71-65(76)89-31-51-42-16-10-7-13-39(42)45-22-19-36(27-48(45)51)96(84,85)86/h5-22,25-27,33,49-62,67-68,72-73,77H,23-24,28-32H2,1-4H3,(H,69,74)(H,70,75)(H,71,76)(H,78,79,80)(H,81,82,83)(H,84,85,86)/t33?,49?,50?,51?,52-,53+,54-,55+,56+,57-,58-,59+,60-,61-,62-,66+/m1/s1. The summed E-state index contributed by atoms with van der Waals surface area (Å²) in [5.74, 6) is -2.20. The maximum absolute atomic E-state index is 14.7. The lowest BCUT2D eigenvalue weighted by molar-refractivity contribution is -0.309. The van der Waals surface area contributed by atoms with Gasteiger partial charge in [-0.2, -0.15) is 25.3 Å². The van der Waals surface area contributed by atoms with E-state index in [-0.39, 0.29) is 24.0 Å². The summed E-state index contributed by atoms with van der Waals surface area (Å²) >= 11 is 0. The second-order valence-corrected chi connectivity index (χ2v) is 29.3. The molecule has 6 aromatic carbocycles. The van der Waals surface area contributed by atoms with E-state index in [0.29, 0.717) is 56.5 Å². The van der Waals surface area contributed by atoms with Crippen molar-refractivity contribution in [1.29, 1.82) is 0 Å². The van der Waals surface area contributed by atoms with Gasteiger partial charge in [-0.25, -0.2) is 14.4 Å². The molecule has 2 saturated heterocycles. The Bertz CT molecular complexity index is 4330. The summed E-state index contributed by atoms with van der Waals surface area (Å²) in [5, 5.41) is 50.7. The first-order valence-electron chi connectivity index (χ1n) is 31.0. The van der Waals surface area contributed by atoms with Crippen molar-refractivity contribution >= 4 is 48.6 Å². The van der Waals surface area contributed by atoms with E-state index >= 15 is 0 Å². The van der Waals surface area contributed by atoms with Gasteiger partial charge >= 0.3 is 18.3 Å². The van der Waals surface area contributed by atoms with Crippen molar-refractivity contribution in [3.63, 3.8) is 0 Å². The molecule has 2 heterocycles. The fourth-order valence-electron chi connectivity index (χ4n) is 14.3. The van der Waals surface area contributed by atoms with Gasteiger partial charge in [0.05, 0.1) is 51.6 Å². The van der Waals surface area contributed by atoms with Crippen molar-refractivity contribution in [2.45, 2.75) is 144 Å². The number of carbonyl (C=O) groups is 3. The van der Waals surface area contributed by atoms with Gasteiger partial charge < -0.3 is 75.1 Å².